The van der Waals surface area contributed by atoms with Crippen molar-refractivity contribution < 1.29 is 0 Å². The largest absolute Gasteiger partial charge is 0.309 e. The third kappa shape index (κ3) is 2.24. The summed E-state index contributed by atoms with van der Waals surface area (Å²) in [6, 6.07) is 7.97. The maximum atomic E-state index is 6.29. The summed E-state index contributed by atoms with van der Waals surface area (Å²) in [6.07, 6.45) is 4.79. The molecular weight excluding hydrogens is 232 g/mol. The van der Waals surface area contributed by atoms with E-state index in [0.717, 1.165) is 29.1 Å². The van der Waals surface area contributed by atoms with Crippen molar-refractivity contribution in [1.29, 1.82) is 0 Å². The van der Waals surface area contributed by atoms with E-state index in [9.17, 15) is 0 Å². The maximum Gasteiger partial charge on any atom is 0.0632 e. The van der Waals surface area contributed by atoms with Crippen LogP contribution in [0.3, 0.4) is 0 Å². The molecule has 0 unspecified atom stereocenters. The second kappa shape index (κ2) is 5.19. The molecule has 0 bridgehead atoms. The first-order valence-electron chi connectivity index (χ1n) is 6.14. The Labute approximate surface area is 108 Å². The van der Waals surface area contributed by atoms with Gasteiger partial charge < -0.3 is 5.32 Å². The lowest BCUT2D eigenvalue weighted by Crippen LogP contribution is -2.48. The molecule has 1 aliphatic carbocycles. The highest BCUT2D eigenvalue weighted by Gasteiger charge is 2.38. The Bertz CT molecular complexity index is 420. The van der Waals surface area contributed by atoms with Gasteiger partial charge in [0.05, 0.1) is 11.3 Å². The van der Waals surface area contributed by atoms with Crippen LogP contribution in [0.5, 0.6) is 0 Å². The Balaban J connectivity index is 2.44. The first-order chi connectivity index (χ1) is 8.23. The van der Waals surface area contributed by atoms with Crippen LogP contribution in [-0.4, -0.2) is 25.3 Å². The van der Waals surface area contributed by atoms with Crippen molar-refractivity contribution in [3.05, 3.63) is 34.9 Å². The summed E-state index contributed by atoms with van der Waals surface area (Å²) in [4.78, 5) is 4.51. The number of likely N-dealkylation sites (N-methyl/N-ethyl adjacent to an activating group) is 1. The van der Waals surface area contributed by atoms with Gasteiger partial charge in [-0.2, -0.15) is 0 Å². The Morgan fingerprint density at radius 1 is 1.29 bits per heavy atom. The Kier molecular flexibility index (Phi) is 3.85. The predicted molar refractivity (Wildman–Crippen MR) is 74.2 cm³/mol. The minimum absolute atomic E-state index is 0.0136. The Morgan fingerprint density at radius 3 is 2.47 bits per heavy atom. The summed E-state index contributed by atoms with van der Waals surface area (Å²) in [7, 11) is 3.88. The Morgan fingerprint density at radius 2 is 1.94 bits per heavy atom. The van der Waals surface area contributed by atoms with Crippen molar-refractivity contribution in [1.82, 2.24) is 5.32 Å². The molecule has 1 saturated carbocycles. The standard InChI is InChI=1S/C14H19ClN2/c1-16-13(11-7-3-4-8-12(11)15)14(17-2)9-5-6-10-14/h3-4,7-8,17H,5-6,9-10H2,1-2H3. The van der Waals surface area contributed by atoms with E-state index in [1.165, 1.54) is 12.8 Å². The maximum absolute atomic E-state index is 6.29. The lowest BCUT2D eigenvalue weighted by molar-refractivity contribution is 0.484. The molecule has 2 rings (SSSR count). The zero-order valence-corrected chi connectivity index (χ0v) is 11.2. The molecule has 1 aromatic carbocycles. The van der Waals surface area contributed by atoms with Crippen molar-refractivity contribution in [2.24, 2.45) is 4.99 Å². The molecule has 1 fully saturated rings. The molecule has 0 atom stereocenters. The van der Waals surface area contributed by atoms with Crippen LogP contribution < -0.4 is 5.32 Å². The van der Waals surface area contributed by atoms with E-state index in [2.05, 4.69) is 16.4 Å². The highest BCUT2D eigenvalue weighted by Crippen LogP contribution is 2.34. The number of nitrogens with zero attached hydrogens (tertiary/aromatic N) is 1. The third-order valence-electron chi connectivity index (χ3n) is 3.74. The van der Waals surface area contributed by atoms with E-state index in [-0.39, 0.29) is 5.54 Å². The van der Waals surface area contributed by atoms with Crippen LogP contribution in [0.25, 0.3) is 0 Å². The monoisotopic (exact) mass is 250 g/mol. The summed E-state index contributed by atoms with van der Waals surface area (Å²) in [5, 5.41) is 4.25. The van der Waals surface area contributed by atoms with Gasteiger partial charge in [0, 0.05) is 17.6 Å². The third-order valence-corrected chi connectivity index (χ3v) is 4.07. The molecule has 92 valence electrons. The number of hydrogen-bond acceptors (Lipinski definition) is 2. The summed E-state index contributed by atoms with van der Waals surface area (Å²) >= 11 is 6.29. The van der Waals surface area contributed by atoms with E-state index < -0.39 is 0 Å². The van der Waals surface area contributed by atoms with Crippen LogP contribution in [-0.2, 0) is 0 Å². The van der Waals surface area contributed by atoms with Gasteiger partial charge in [0.1, 0.15) is 0 Å². The van der Waals surface area contributed by atoms with E-state index in [0.29, 0.717) is 0 Å². The molecule has 0 aliphatic heterocycles. The number of hydrogen-bond donors (Lipinski definition) is 1. The van der Waals surface area contributed by atoms with Gasteiger partial charge in [0.25, 0.3) is 0 Å². The first kappa shape index (κ1) is 12.6. The summed E-state index contributed by atoms with van der Waals surface area (Å²) in [5.74, 6) is 0. The lowest BCUT2D eigenvalue weighted by Gasteiger charge is -2.31. The van der Waals surface area contributed by atoms with Gasteiger partial charge in [0.15, 0.2) is 0 Å². The quantitative estimate of drug-likeness (QED) is 0.818. The van der Waals surface area contributed by atoms with Crippen LogP contribution >= 0.6 is 11.6 Å². The minimum Gasteiger partial charge on any atom is -0.309 e. The zero-order chi connectivity index (χ0) is 12.3. The van der Waals surface area contributed by atoms with Crippen LogP contribution in [0.1, 0.15) is 31.2 Å². The molecule has 0 spiro atoms. The smallest absolute Gasteiger partial charge is 0.0632 e. The van der Waals surface area contributed by atoms with Crippen LogP contribution in [0.4, 0.5) is 0 Å². The van der Waals surface area contributed by atoms with E-state index in [1.807, 2.05) is 32.3 Å². The fraction of sp³-hybridized carbons (Fsp3) is 0.500. The van der Waals surface area contributed by atoms with Crippen molar-refractivity contribution >= 4 is 17.3 Å². The van der Waals surface area contributed by atoms with E-state index >= 15 is 0 Å². The minimum atomic E-state index is 0.0136. The molecule has 3 heteroatoms. The SMILES string of the molecule is CN=C(c1ccccc1Cl)C1(NC)CCCC1. The van der Waals surface area contributed by atoms with E-state index in [1.54, 1.807) is 0 Å². The molecular formula is C14H19ClN2. The van der Waals surface area contributed by atoms with Gasteiger partial charge in [-0.3, -0.25) is 4.99 Å². The van der Waals surface area contributed by atoms with Crippen molar-refractivity contribution in [2.45, 2.75) is 31.2 Å². The molecule has 17 heavy (non-hydrogen) atoms. The van der Waals surface area contributed by atoms with Crippen molar-refractivity contribution in [3.8, 4) is 0 Å². The fourth-order valence-corrected chi connectivity index (χ4v) is 3.05. The summed E-state index contributed by atoms with van der Waals surface area (Å²) in [5.41, 5.74) is 2.18. The van der Waals surface area contributed by atoms with Gasteiger partial charge >= 0.3 is 0 Å². The van der Waals surface area contributed by atoms with Crippen molar-refractivity contribution in [2.75, 3.05) is 14.1 Å². The van der Waals surface area contributed by atoms with Gasteiger partial charge in [-0.15, -0.1) is 0 Å². The predicted octanol–water partition coefficient (Wildman–Crippen LogP) is 3.29. The number of nitrogens with one attached hydrogen (secondary N) is 1. The highest BCUT2D eigenvalue weighted by molar-refractivity contribution is 6.34. The normalized spacial score (nSPS) is 19.6. The second-order valence-corrected chi connectivity index (χ2v) is 5.00. The van der Waals surface area contributed by atoms with Gasteiger partial charge in [0.2, 0.25) is 0 Å². The molecule has 2 nitrogen and oxygen atoms in total. The topological polar surface area (TPSA) is 24.4 Å². The number of rotatable bonds is 3. The average molecular weight is 251 g/mol. The highest BCUT2D eigenvalue weighted by atomic mass is 35.5. The average Bonchev–Trinajstić information content (AvgIpc) is 2.82. The second-order valence-electron chi connectivity index (χ2n) is 4.59. The number of benzene rings is 1. The molecule has 0 amide bonds. The van der Waals surface area contributed by atoms with Crippen LogP contribution in [0.2, 0.25) is 5.02 Å². The lowest BCUT2D eigenvalue weighted by atomic mass is 9.86. The summed E-state index contributed by atoms with van der Waals surface area (Å²) < 4.78 is 0. The zero-order valence-electron chi connectivity index (χ0n) is 10.5. The van der Waals surface area contributed by atoms with Crippen LogP contribution in [0, 0.1) is 0 Å². The fourth-order valence-electron chi connectivity index (χ4n) is 2.83. The van der Waals surface area contributed by atoms with Crippen molar-refractivity contribution in [3.63, 3.8) is 0 Å². The molecule has 0 heterocycles. The molecule has 0 aromatic heterocycles. The molecule has 0 radical (unpaired) electrons. The molecule has 1 N–H and O–H groups in total. The number of halogens is 1. The van der Waals surface area contributed by atoms with Gasteiger partial charge in [-0.05, 0) is 26.0 Å². The van der Waals surface area contributed by atoms with E-state index in [4.69, 9.17) is 11.6 Å². The molecule has 0 saturated heterocycles. The summed E-state index contributed by atoms with van der Waals surface area (Å²) in [6.45, 7) is 0. The van der Waals surface area contributed by atoms with Gasteiger partial charge in [-0.25, -0.2) is 0 Å². The molecule has 1 aliphatic rings. The molecule has 1 aromatic rings. The van der Waals surface area contributed by atoms with Gasteiger partial charge in [-0.1, -0.05) is 42.6 Å². The number of aliphatic imine (C=N–C) groups is 1. The Hall–Kier alpha value is -0.860. The van der Waals surface area contributed by atoms with Crippen LogP contribution in [0.15, 0.2) is 29.3 Å². The first-order valence-corrected chi connectivity index (χ1v) is 6.52.